The van der Waals surface area contributed by atoms with Crippen LogP contribution < -0.4 is 19.1 Å². The van der Waals surface area contributed by atoms with E-state index in [4.69, 9.17) is 9.47 Å². The number of carbonyl (C=O) groups excluding carboxylic acids is 1. The summed E-state index contributed by atoms with van der Waals surface area (Å²) in [5.41, 5.74) is 0.987. The molecule has 0 bridgehead atoms. The first-order valence-electron chi connectivity index (χ1n) is 8.15. The number of para-hydroxylation sites is 2. The minimum atomic E-state index is -3.53. The summed E-state index contributed by atoms with van der Waals surface area (Å²) in [7, 11) is -1.99. The lowest BCUT2D eigenvalue weighted by atomic mass is 10.2. The van der Waals surface area contributed by atoms with Crippen LogP contribution in [0.3, 0.4) is 0 Å². The summed E-state index contributed by atoms with van der Waals surface area (Å²) >= 11 is 0. The first-order valence-corrected chi connectivity index (χ1v) is 9.76. The summed E-state index contributed by atoms with van der Waals surface area (Å²) in [4.78, 5) is 12.6. The van der Waals surface area contributed by atoms with Crippen molar-refractivity contribution >= 4 is 27.3 Å². The third-order valence-corrected chi connectivity index (χ3v) is 5.81. The van der Waals surface area contributed by atoms with Gasteiger partial charge in [0.15, 0.2) is 6.10 Å². The number of carbonyl (C=O) groups is 1. The van der Waals surface area contributed by atoms with E-state index in [2.05, 4.69) is 5.32 Å². The summed E-state index contributed by atoms with van der Waals surface area (Å²) in [6.07, 6.45) is -0.961. The number of benzene rings is 2. The molecule has 2 aromatic carbocycles. The van der Waals surface area contributed by atoms with Crippen LogP contribution in [0.1, 0.15) is 6.92 Å². The fourth-order valence-corrected chi connectivity index (χ4v) is 3.81. The van der Waals surface area contributed by atoms with E-state index in [1.807, 2.05) is 0 Å². The maximum absolute atomic E-state index is 12.6. The van der Waals surface area contributed by atoms with Crippen LogP contribution in [0, 0.1) is 0 Å². The molecule has 138 valence electrons. The van der Waals surface area contributed by atoms with Crippen molar-refractivity contribution in [3.05, 3.63) is 48.5 Å². The van der Waals surface area contributed by atoms with Crippen molar-refractivity contribution in [2.45, 2.75) is 13.0 Å². The van der Waals surface area contributed by atoms with Crippen LogP contribution in [0.25, 0.3) is 0 Å². The smallest absolute Gasteiger partial charge is 0.267 e. The van der Waals surface area contributed by atoms with Crippen molar-refractivity contribution in [2.75, 3.05) is 29.0 Å². The molecule has 1 amide bonds. The SMILES string of the molecule is CCS(=O)(=O)N1C[C@H](C(=O)Nc2cccc(OC)c2)Oc2ccccc21. The van der Waals surface area contributed by atoms with Gasteiger partial charge in [-0.05, 0) is 31.2 Å². The van der Waals surface area contributed by atoms with Crippen molar-refractivity contribution < 1.29 is 22.7 Å². The summed E-state index contributed by atoms with van der Waals surface area (Å²) in [6.45, 7) is 1.49. The summed E-state index contributed by atoms with van der Waals surface area (Å²) < 4.78 is 37.0. The van der Waals surface area contributed by atoms with Crippen molar-refractivity contribution in [1.82, 2.24) is 0 Å². The second-order valence-corrected chi connectivity index (χ2v) is 7.91. The lowest BCUT2D eigenvalue weighted by molar-refractivity contribution is -0.122. The Morgan fingerprint density at radius 3 is 2.77 bits per heavy atom. The Morgan fingerprint density at radius 2 is 2.04 bits per heavy atom. The molecule has 1 atom stereocenters. The van der Waals surface area contributed by atoms with Gasteiger partial charge in [0.25, 0.3) is 5.91 Å². The highest BCUT2D eigenvalue weighted by Gasteiger charge is 2.35. The molecule has 0 fully saturated rings. The summed E-state index contributed by atoms with van der Waals surface area (Å²) in [5.74, 6) is 0.476. The highest BCUT2D eigenvalue weighted by molar-refractivity contribution is 7.92. The zero-order valence-corrected chi connectivity index (χ0v) is 15.3. The highest BCUT2D eigenvalue weighted by atomic mass is 32.2. The number of hydrogen-bond acceptors (Lipinski definition) is 5. The van der Waals surface area contributed by atoms with Crippen molar-refractivity contribution in [1.29, 1.82) is 0 Å². The maximum atomic E-state index is 12.6. The quantitative estimate of drug-likeness (QED) is 0.865. The Hall–Kier alpha value is -2.74. The molecule has 8 heteroatoms. The van der Waals surface area contributed by atoms with Crippen molar-refractivity contribution in [3.63, 3.8) is 0 Å². The van der Waals surface area contributed by atoms with Gasteiger partial charge in [-0.2, -0.15) is 0 Å². The second kappa shape index (κ2) is 7.25. The Bertz CT molecular complexity index is 913. The molecule has 7 nitrogen and oxygen atoms in total. The van der Waals surface area contributed by atoms with E-state index < -0.39 is 22.0 Å². The first kappa shape index (κ1) is 18.1. The molecule has 0 radical (unpaired) electrons. The predicted molar refractivity (Wildman–Crippen MR) is 99.3 cm³/mol. The number of anilines is 2. The Morgan fingerprint density at radius 1 is 1.27 bits per heavy atom. The van der Waals surface area contributed by atoms with Crippen molar-refractivity contribution in [3.8, 4) is 11.5 Å². The standard InChI is InChI=1S/C18H20N2O5S/c1-3-26(22,23)20-12-17(25-16-10-5-4-9-15(16)20)18(21)19-13-7-6-8-14(11-13)24-2/h4-11,17H,3,12H2,1-2H3,(H,19,21)/t17-/m1/s1. The number of fused-ring (bicyclic) bond motifs is 1. The number of rotatable bonds is 5. The minimum Gasteiger partial charge on any atom is -0.497 e. The molecule has 0 saturated carbocycles. The number of nitrogens with zero attached hydrogens (tertiary/aromatic N) is 1. The van der Waals surface area contributed by atoms with Gasteiger partial charge < -0.3 is 14.8 Å². The van der Waals surface area contributed by atoms with Crippen LogP contribution in [0.15, 0.2) is 48.5 Å². The van der Waals surface area contributed by atoms with E-state index >= 15 is 0 Å². The van der Waals surface area contributed by atoms with Gasteiger partial charge in [0.1, 0.15) is 11.5 Å². The Kier molecular flexibility index (Phi) is 5.03. The molecule has 1 heterocycles. The van der Waals surface area contributed by atoms with Crippen LogP contribution in [0.2, 0.25) is 0 Å². The van der Waals surface area contributed by atoms with Gasteiger partial charge in [0.05, 0.1) is 25.1 Å². The third-order valence-electron chi connectivity index (χ3n) is 4.07. The predicted octanol–water partition coefficient (Wildman–Crippen LogP) is 2.25. The number of ether oxygens (including phenoxy) is 2. The largest absolute Gasteiger partial charge is 0.497 e. The molecular formula is C18H20N2O5S. The Labute approximate surface area is 152 Å². The molecule has 2 aromatic rings. The van der Waals surface area contributed by atoms with E-state index in [1.165, 1.54) is 11.4 Å². The van der Waals surface area contributed by atoms with Crippen LogP contribution in [0.4, 0.5) is 11.4 Å². The van der Waals surface area contributed by atoms with Crippen LogP contribution in [0.5, 0.6) is 11.5 Å². The van der Waals surface area contributed by atoms with E-state index in [0.29, 0.717) is 22.9 Å². The van der Waals surface area contributed by atoms with E-state index in [1.54, 1.807) is 55.5 Å². The molecule has 1 N–H and O–H groups in total. The molecule has 0 unspecified atom stereocenters. The van der Waals surface area contributed by atoms with Crippen molar-refractivity contribution in [2.24, 2.45) is 0 Å². The summed E-state index contributed by atoms with van der Waals surface area (Å²) in [5, 5.41) is 2.74. The number of hydrogen-bond donors (Lipinski definition) is 1. The van der Waals surface area contributed by atoms with Gasteiger partial charge in [-0.15, -0.1) is 0 Å². The van der Waals surface area contributed by atoms with Gasteiger partial charge in [0, 0.05) is 11.8 Å². The van der Waals surface area contributed by atoms with E-state index in [0.717, 1.165) is 0 Å². The van der Waals surface area contributed by atoms with Crippen LogP contribution >= 0.6 is 0 Å². The zero-order chi connectivity index (χ0) is 18.7. The molecule has 0 aromatic heterocycles. The topological polar surface area (TPSA) is 84.9 Å². The summed E-state index contributed by atoms with van der Waals surface area (Å²) in [6, 6.07) is 13.7. The molecule has 3 rings (SSSR count). The average Bonchev–Trinajstić information content (AvgIpc) is 2.67. The minimum absolute atomic E-state index is 0.0639. The Balaban J connectivity index is 1.86. The molecule has 0 spiro atoms. The van der Waals surface area contributed by atoms with Crippen LogP contribution in [-0.2, 0) is 14.8 Å². The van der Waals surface area contributed by atoms with E-state index in [-0.39, 0.29) is 12.3 Å². The third kappa shape index (κ3) is 3.60. The molecule has 0 aliphatic carbocycles. The fourth-order valence-electron chi connectivity index (χ4n) is 2.68. The number of amides is 1. The highest BCUT2D eigenvalue weighted by Crippen LogP contribution is 2.35. The maximum Gasteiger partial charge on any atom is 0.267 e. The zero-order valence-electron chi connectivity index (χ0n) is 14.5. The normalized spacial score (nSPS) is 16.4. The van der Waals surface area contributed by atoms with Gasteiger partial charge in [0.2, 0.25) is 10.0 Å². The number of methoxy groups -OCH3 is 1. The second-order valence-electron chi connectivity index (χ2n) is 5.73. The monoisotopic (exact) mass is 376 g/mol. The molecule has 26 heavy (non-hydrogen) atoms. The average molecular weight is 376 g/mol. The molecule has 1 aliphatic rings. The van der Waals surface area contributed by atoms with Crippen LogP contribution in [-0.4, -0.2) is 39.8 Å². The molecule has 0 saturated heterocycles. The molecular weight excluding hydrogens is 356 g/mol. The molecule has 1 aliphatic heterocycles. The van der Waals surface area contributed by atoms with E-state index in [9.17, 15) is 13.2 Å². The van der Waals surface area contributed by atoms with Gasteiger partial charge >= 0.3 is 0 Å². The number of nitrogens with one attached hydrogen (secondary N) is 1. The van der Waals surface area contributed by atoms with Gasteiger partial charge in [-0.25, -0.2) is 8.42 Å². The number of sulfonamides is 1. The van der Waals surface area contributed by atoms with Gasteiger partial charge in [-0.3, -0.25) is 9.10 Å². The lowest BCUT2D eigenvalue weighted by Gasteiger charge is -2.34. The lowest BCUT2D eigenvalue weighted by Crippen LogP contribution is -2.49. The fraction of sp³-hybridized carbons (Fsp3) is 0.278. The first-order chi connectivity index (χ1) is 12.4. The van der Waals surface area contributed by atoms with Gasteiger partial charge in [-0.1, -0.05) is 18.2 Å².